The van der Waals surface area contributed by atoms with Crippen molar-refractivity contribution in [2.75, 3.05) is 6.61 Å². The minimum atomic E-state index is -1.36. The van der Waals surface area contributed by atoms with Gasteiger partial charge >= 0.3 is 5.97 Å². The average Bonchev–Trinajstić information content (AvgIpc) is 3.31. The van der Waals surface area contributed by atoms with Crippen LogP contribution >= 0.6 is 0 Å². The Morgan fingerprint density at radius 2 is 2.12 bits per heavy atom. The van der Waals surface area contributed by atoms with Crippen LogP contribution in [0.3, 0.4) is 0 Å². The van der Waals surface area contributed by atoms with Crippen LogP contribution in [0.2, 0.25) is 0 Å². The van der Waals surface area contributed by atoms with Crippen molar-refractivity contribution in [1.29, 1.82) is 0 Å². The van der Waals surface area contributed by atoms with Crippen LogP contribution in [0.1, 0.15) is 48.7 Å². The molecule has 7 nitrogen and oxygen atoms in total. The number of carboxylic acids is 1. The molecule has 26 heavy (non-hydrogen) atoms. The molecule has 1 fully saturated rings. The summed E-state index contributed by atoms with van der Waals surface area (Å²) in [5.74, 6) is -2.11. The fourth-order valence-electron chi connectivity index (χ4n) is 3.72. The molecule has 1 aromatic heterocycles. The van der Waals surface area contributed by atoms with Crippen molar-refractivity contribution in [3.8, 4) is 5.75 Å². The Morgan fingerprint density at radius 1 is 1.42 bits per heavy atom. The number of aromatic carboxylic acids is 1. The van der Waals surface area contributed by atoms with Crippen molar-refractivity contribution < 1.29 is 23.8 Å². The summed E-state index contributed by atoms with van der Waals surface area (Å²) in [7, 11) is 0. The van der Waals surface area contributed by atoms with Gasteiger partial charge in [0.15, 0.2) is 5.75 Å². The average molecular weight is 360 g/mol. The standard InChI is InChI=1S/C18H17FN2O5/c1-8-7-26-16-13(18(3-4-18)20-9(2)22)12(19)5-10-14(16)21(8)6-11(15(10)23)17(24)25/h5-6,8H,3-4,7H2,1-2H3,(H,20,22)(H,24,25)/t8-/m0/s1. The number of ether oxygens (including phenoxy) is 1. The maximum atomic E-state index is 15.0. The zero-order chi connectivity index (χ0) is 18.8. The number of hydrogen-bond donors (Lipinski definition) is 2. The van der Waals surface area contributed by atoms with E-state index in [9.17, 15) is 23.9 Å². The van der Waals surface area contributed by atoms with Crippen LogP contribution in [-0.2, 0) is 10.3 Å². The van der Waals surface area contributed by atoms with Gasteiger partial charge < -0.3 is 19.7 Å². The quantitative estimate of drug-likeness (QED) is 0.871. The maximum Gasteiger partial charge on any atom is 0.341 e. The molecule has 0 saturated heterocycles. The molecule has 136 valence electrons. The summed E-state index contributed by atoms with van der Waals surface area (Å²) in [5, 5.41) is 12.0. The number of carbonyl (C=O) groups is 2. The van der Waals surface area contributed by atoms with Crippen LogP contribution in [-0.4, -0.2) is 28.2 Å². The largest absolute Gasteiger partial charge is 0.489 e. The number of carbonyl (C=O) groups excluding carboxylic acids is 1. The molecular weight excluding hydrogens is 343 g/mol. The highest BCUT2D eigenvalue weighted by atomic mass is 19.1. The molecular formula is C18H17FN2O5. The lowest BCUT2D eigenvalue weighted by atomic mass is 9.97. The molecule has 0 unspecified atom stereocenters. The summed E-state index contributed by atoms with van der Waals surface area (Å²) in [4.78, 5) is 35.5. The lowest BCUT2D eigenvalue weighted by molar-refractivity contribution is -0.120. The molecule has 2 N–H and O–H groups in total. The Kier molecular flexibility index (Phi) is 3.37. The number of aromatic nitrogens is 1. The SMILES string of the molecule is CC(=O)NC1(c2c(F)cc3c(=O)c(C(=O)O)cn4c3c2OC[C@@H]4C)CC1. The summed E-state index contributed by atoms with van der Waals surface area (Å²) in [6, 6.07) is 0.834. The topological polar surface area (TPSA) is 97.6 Å². The number of nitrogens with zero attached hydrogens (tertiary/aromatic N) is 1. The lowest BCUT2D eigenvalue weighted by Gasteiger charge is -2.30. The third kappa shape index (κ3) is 2.21. The molecule has 4 rings (SSSR count). The molecule has 0 radical (unpaired) electrons. The predicted molar refractivity (Wildman–Crippen MR) is 90.1 cm³/mol. The number of carboxylic acid groups (broad SMARTS) is 1. The highest BCUT2D eigenvalue weighted by Crippen LogP contribution is 2.52. The van der Waals surface area contributed by atoms with Gasteiger partial charge in [-0.3, -0.25) is 9.59 Å². The summed E-state index contributed by atoms with van der Waals surface area (Å²) >= 11 is 0. The first-order valence-electron chi connectivity index (χ1n) is 8.32. The van der Waals surface area contributed by atoms with E-state index in [2.05, 4.69) is 5.32 Å². The fourth-order valence-corrected chi connectivity index (χ4v) is 3.72. The number of pyridine rings is 1. The lowest BCUT2D eigenvalue weighted by Crippen LogP contribution is -2.35. The molecule has 0 bridgehead atoms. The Labute approximate surface area is 147 Å². The Bertz CT molecular complexity index is 1040. The number of amides is 1. The summed E-state index contributed by atoms with van der Waals surface area (Å²) in [6.07, 6.45) is 2.42. The molecule has 2 aromatic rings. The van der Waals surface area contributed by atoms with Crippen molar-refractivity contribution in [2.24, 2.45) is 0 Å². The molecule has 1 aliphatic heterocycles. The number of benzene rings is 1. The number of nitrogens with one attached hydrogen (secondary N) is 1. The van der Waals surface area contributed by atoms with Gasteiger partial charge in [0, 0.05) is 13.1 Å². The van der Waals surface area contributed by atoms with Gasteiger partial charge in [-0.1, -0.05) is 0 Å². The van der Waals surface area contributed by atoms with E-state index >= 15 is 0 Å². The molecule has 8 heteroatoms. The van der Waals surface area contributed by atoms with E-state index in [1.807, 2.05) is 6.92 Å². The van der Waals surface area contributed by atoms with Gasteiger partial charge in [-0.25, -0.2) is 9.18 Å². The molecule has 1 amide bonds. The zero-order valence-electron chi connectivity index (χ0n) is 14.3. The van der Waals surface area contributed by atoms with Crippen LogP contribution in [0.5, 0.6) is 5.75 Å². The first-order valence-corrected chi connectivity index (χ1v) is 8.32. The second-order valence-corrected chi connectivity index (χ2v) is 6.97. The van der Waals surface area contributed by atoms with Crippen molar-refractivity contribution in [3.05, 3.63) is 39.4 Å². The van der Waals surface area contributed by atoms with E-state index in [1.54, 1.807) is 4.57 Å². The summed E-state index contributed by atoms with van der Waals surface area (Å²) in [6.45, 7) is 3.39. The van der Waals surface area contributed by atoms with Gasteiger partial charge in [0.1, 0.15) is 18.0 Å². The maximum absolute atomic E-state index is 15.0. The van der Waals surface area contributed by atoms with E-state index in [1.165, 1.54) is 13.1 Å². The third-order valence-electron chi connectivity index (χ3n) is 5.04. The molecule has 1 aromatic carbocycles. The second-order valence-electron chi connectivity index (χ2n) is 6.97. The first kappa shape index (κ1) is 16.6. The molecule has 2 aliphatic rings. The van der Waals surface area contributed by atoms with E-state index in [4.69, 9.17) is 4.74 Å². The number of hydrogen-bond acceptors (Lipinski definition) is 4. The van der Waals surface area contributed by atoms with Crippen LogP contribution in [0, 0.1) is 5.82 Å². The molecule has 2 heterocycles. The minimum Gasteiger partial charge on any atom is -0.489 e. The molecule has 0 spiro atoms. The highest BCUT2D eigenvalue weighted by molar-refractivity contribution is 5.95. The van der Waals surface area contributed by atoms with E-state index in [-0.39, 0.29) is 35.3 Å². The fraction of sp³-hybridized carbons (Fsp3) is 0.389. The predicted octanol–water partition coefficient (Wildman–Crippen LogP) is 1.92. The zero-order valence-corrected chi connectivity index (χ0v) is 14.3. The molecule has 1 saturated carbocycles. The second kappa shape index (κ2) is 5.30. The van der Waals surface area contributed by atoms with Gasteiger partial charge in [0.05, 0.1) is 28.0 Å². The molecule has 1 aliphatic carbocycles. The Balaban J connectivity index is 2.09. The van der Waals surface area contributed by atoms with E-state index < -0.39 is 28.3 Å². The van der Waals surface area contributed by atoms with Crippen molar-refractivity contribution in [3.63, 3.8) is 0 Å². The number of rotatable bonds is 3. The third-order valence-corrected chi connectivity index (χ3v) is 5.04. The van der Waals surface area contributed by atoms with Crippen molar-refractivity contribution >= 4 is 22.8 Å². The monoisotopic (exact) mass is 360 g/mol. The van der Waals surface area contributed by atoms with Crippen molar-refractivity contribution in [2.45, 2.75) is 38.3 Å². The van der Waals surface area contributed by atoms with E-state index in [0.29, 0.717) is 18.4 Å². The minimum absolute atomic E-state index is 0.0358. The highest BCUT2D eigenvalue weighted by Gasteiger charge is 2.50. The van der Waals surface area contributed by atoms with Crippen LogP contribution in [0.25, 0.3) is 10.9 Å². The van der Waals surface area contributed by atoms with Gasteiger partial charge in [0.2, 0.25) is 11.3 Å². The smallest absolute Gasteiger partial charge is 0.341 e. The number of halogens is 1. The van der Waals surface area contributed by atoms with Crippen LogP contribution in [0.4, 0.5) is 4.39 Å². The summed E-state index contributed by atoms with van der Waals surface area (Å²) in [5.41, 5.74) is -1.41. The van der Waals surface area contributed by atoms with Crippen LogP contribution < -0.4 is 15.5 Å². The van der Waals surface area contributed by atoms with Gasteiger partial charge in [-0.15, -0.1) is 0 Å². The van der Waals surface area contributed by atoms with Crippen molar-refractivity contribution in [1.82, 2.24) is 9.88 Å². The van der Waals surface area contributed by atoms with Gasteiger partial charge in [-0.2, -0.15) is 0 Å². The van der Waals surface area contributed by atoms with Crippen LogP contribution in [0.15, 0.2) is 17.1 Å². The summed E-state index contributed by atoms with van der Waals surface area (Å²) < 4.78 is 22.4. The van der Waals surface area contributed by atoms with E-state index in [0.717, 1.165) is 6.07 Å². The molecule has 1 atom stereocenters. The Morgan fingerprint density at radius 3 is 2.69 bits per heavy atom. The van der Waals surface area contributed by atoms with Gasteiger partial charge in [0.25, 0.3) is 0 Å². The first-order chi connectivity index (χ1) is 12.2. The Hall–Kier alpha value is -2.90. The normalized spacial score (nSPS) is 19.7. The van der Waals surface area contributed by atoms with Gasteiger partial charge in [-0.05, 0) is 25.8 Å².